The van der Waals surface area contributed by atoms with Crippen LogP contribution in [0.1, 0.15) is 20.8 Å². The molecular weight excluding hydrogens is 220 g/mol. The molecule has 2 N–H and O–H groups in total. The number of carbonyl (C=O) groups excluding carboxylic acids is 1. The van der Waals surface area contributed by atoms with E-state index in [2.05, 4.69) is 31.1 Å². The molecule has 16 heavy (non-hydrogen) atoms. The van der Waals surface area contributed by atoms with Crippen molar-refractivity contribution in [1.82, 2.24) is 10.6 Å². The van der Waals surface area contributed by atoms with Crippen molar-refractivity contribution in [2.45, 2.75) is 26.8 Å². The molecule has 0 aromatic heterocycles. The minimum atomic E-state index is -0.108. The molecule has 0 radical (unpaired) electrons. The van der Waals surface area contributed by atoms with E-state index in [0.29, 0.717) is 5.92 Å². The molecule has 1 amide bonds. The highest BCUT2D eigenvalue weighted by Gasteiger charge is 2.11. The van der Waals surface area contributed by atoms with Gasteiger partial charge in [0.15, 0.2) is 0 Å². The molecule has 4 heteroatoms. The molecule has 0 rings (SSSR count). The van der Waals surface area contributed by atoms with Crippen molar-refractivity contribution in [3.63, 3.8) is 0 Å². The lowest BCUT2D eigenvalue weighted by atomic mass is 10.2. The van der Waals surface area contributed by atoms with Gasteiger partial charge in [0.1, 0.15) is 0 Å². The molecule has 0 saturated heterocycles. The average molecular weight is 244 g/mol. The van der Waals surface area contributed by atoms with Crippen LogP contribution in [0.5, 0.6) is 0 Å². The number of rotatable bonds is 9. The van der Waals surface area contributed by atoms with Gasteiger partial charge < -0.3 is 10.6 Å². The Kier molecular flexibility index (Phi) is 9.43. The van der Waals surface area contributed by atoms with Crippen molar-refractivity contribution in [3.8, 4) is 0 Å². The van der Waals surface area contributed by atoms with Crippen LogP contribution in [0.2, 0.25) is 0 Å². The predicted molar refractivity (Wildman–Crippen MR) is 72.8 cm³/mol. The number of thioether (sulfide) groups is 1. The van der Waals surface area contributed by atoms with Crippen LogP contribution in [0.4, 0.5) is 0 Å². The summed E-state index contributed by atoms with van der Waals surface area (Å²) in [5.74, 6) is 2.56. The van der Waals surface area contributed by atoms with Gasteiger partial charge in [-0.1, -0.05) is 19.9 Å². The quantitative estimate of drug-likeness (QED) is 0.479. The van der Waals surface area contributed by atoms with Crippen LogP contribution in [0.3, 0.4) is 0 Å². The van der Waals surface area contributed by atoms with Crippen molar-refractivity contribution < 1.29 is 4.79 Å². The van der Waals surface area contributed by atoms with Gasteiger partial charge in [-0.3, -0.25) is 4.79 Å². The van der Waals surface area contributed by atoms with Crippen molar-refractivity contribution in [3.05, 3.63) is 12.7 Å². The summed E-state index contributed by atoms with van der Waals surface area (Å²) in [6.45, 7) is 11.3. The second-order valence-corrected chi connectivity index (χ2v) is 5.33. The third-order valence-electron chi connectivity index (χ3n) is 2.01. The minimum Gasteiger partial charge on any atom is -0.354 e. The highest BCUT2D eigenvalue weighted by molar-refractivity contribution is 7.99. The highest BCUT2D eigenvalue weighted by Crippen LogP contribution is 1.97. The Morgan fingerprint density at radius 1 is 1.44 bits per heavy atom. The summed E-state index contributed by atoms with van der Waals surface area (Å²) >= 11 is 1.81. The number of nitrogens with one attached hydrogen (secondary N) is 2. The van der Waals surface area contributed by atoms with Crippen LogP contribution in [0.25, 0.3) is 0 Å². The van der Waals surface area contributed by atoms with E-state index < -0.39 is 0 Å². The maximum Gasteiger partial charge on any atom is 0.236 e. The summed E-state index contributed by atoms with van der Waals surface area (Å²) in [6, 6.07) is -0.108. The standard InChI is InChI=1S/C12H24N2OS/c1-5-7-16-8-6-13-11(4)12(15)14-9-10(2)3/h5,10-11,13H,1,6-9H2,2-4H3,(H,14,15). The zero-order valence-corrected chi connectivity index (χ0v) is 11.4. The Hall–Kier alpha value is -0.480. The lowest BCUT2D eigenvalue weighted by Crippen LogP contribution is -2.43. The van der Waals surface area contributed by atoms with Crippen molar-refractivity contribution in [2.75, 3.05) is 24.6 Å². The Labute approximate surface area is 103 Å². The summed E-state index contributed by atoms with van der Waals surface area (Å²) in [5.41, 5.74) is 0. The largest absolute Gasteiger partial charge is 0.354 e. The van der Waals surface area contributed by atoms with Gasteiger partial charge in [0.25, 0.3) is 0 Å². The average Bonchev–Trinajstić information content (AvgIpc) is 2.25. The SMILES string of the molecule is C=CCSCCNC(C)C(=O)NCC(C)C. The number of amides is 1. The maximum atomic E-state index is 11.6. The molecule has 0 aromatic rings. The fourth-order valence-electron chi connectivity index (χ4n) is 1.06. The van der Waals surface area contributed by atoms with Gasteiger partial charge >= 0.3 is 0 Å². The lowest BCUT2D eigenvalue weighted by molar-refractivity contribution is -0.122. The molecule has 3 nitrogen and oxygen atoms in total. The zero-order chi connectivity index (χ0) is 12.4. The van der Waals surface area contributed by atoms with E-state index in [1.54, 1.807) is 0 Å². The third kappa shape index (κ3) is 8.80. The summed E-state index contributed by atoms with van der Waals surface area (Å²) in [5, 5.41) is 6.11. The minimum absolute atomic E-state index is 0.0856. The highest BCUT2D eigenvalue weighted by atomic mass is 32.2. The molecule has 1 unspecified atom stereocenters. The van der Waals surface area contributed by atoms with Gasteiger partial charge in [-0.05, 0) is 12.8 Å². The van der Waals surface area contributed by atoms with Crippen LogP contribution in [-0.2, 0) is 4.79 Å². The van der Waals surface area contributed by atoms with E-state index in [0.717, 1.165) is 24.6 Å². The summed E-state index contributed by atoms with van der Waals surface area (Å²) in [7, 11) is 0. The van der Waals surface area contributed by atoms with Crippen molar-refractivity contribution >= 4 is 17.7 Å². The Balaban J connectivity index is 3.51. The van der Waals surface area contributed by atoms with Crippen LogP contribution in [0.15, 0.2) is 12.7 Å². The number of hydrogen-bond donors (Lipinski definition) is 2. The van der Waals surface area contributed by atoms with Gasteiger partial charge in [0.05, 0.1) is 6.04 Å². The first-order chi connectivity index (χ1) is 7.57. The van der Waals surface area contributed by atoms with Gasteiger partial charge in [-0.2, -0.15) is 11.8 Å². The molecule has 0 heterocycles. The molecule has 1 atom stereocenters. The summed E-state index contributed by atoms with van der Waals surface area (Å²) in [6.07, 6.45) is 1.89. The smallest absolute Gasteiger partial charge is 0.236 e. The molecule has 0 fully saturated rings. The number of hydrogen-bond acceptors (Lipinski definition) is 3. The van der Waals surface area contributed by atoms with E-state index in [4.69, 9.17) is 0 Å². The van der Waals surface area contributed by atoms with Gasteiger partial charge in [0.2, 0.25) is 5.91 Å². The first-order valence-electron chi connectivity index (χ1n) is 5.77. The normalized spacial score (nSPS) is 12.5. The van der Waals surface area contributed by atoms with Gasteiger partial charge in [-0.15, -0.1) is 6.58 Å². The molecule has 0 spiro atoms. The number of carbonyl (C=O) groups is 1. The van der Waals surface area contributed by atoms with Crippen LogP contribution in [-0.4, -0.2) is 36.5 Å². The van der Waals surface area contributed by atoms with Gasteiger partial charge in [0, 0.05) is 24.6 Å². The fourth-order valence-corrected chi connectivity index (χ4v) is 1.66. The van der Waals surface area contributed by atoms with Crippen LogP contribution >= 0.6 is 11.8 Å². The van der Waals surface area contributed by atoms with E-state index in [9.17, 15) is 4.79 Å². The Morgan fingerprint density at radius 3 is 2.69 bits per heavy atom. The molecule has 0 saturated carbocycles. The second-order valence-electron chi connectivity index (χ2n) is 4.18. The summed E-state index contributed by atoms with van der Waals surface area (Å²) < 4.78 is 0. The first-order valence-corrected chi connectivity index (χ1v) is 6.93. The molecule has 0 aromatic carbocycles. The van der Waals surface area contributed by atoms with Crippen LogP contribution in [0, 0.1) is 5.92 Å². The predicted octanol–water partition coefficient (Wildman–Crippen LogP) is 1.66. The molecule has 0 aliphatic heterocycles. The zero-order valence-electron chi connectivity index (χ0n) is 10.6. The van der Waals surface area contributed by atoms with Crippen LogP contribution < -0.4 is 10.6 Å². The van der Waals surface area contributed by atoms with Gasteiger partial charge in [-0.25, -0.2) is 0 Å². The lowest BCUT2D eigenvalue weighted by Gasteiger charge is -2.14. The fraction of sp³-hybridized carbons (Fsp3) is 0.750. The van der Waals surface area contributed by atoms with E-state index in [1.807, 2.05) is 24.8 Å². The van der Waals surface area contributed by atoms with E-state index >= 15 is 0 Å². The monoisotopic (exact) mass is 244 g/mol. The second kappa shape index (κ2) is 9.73. The Morgan fingerprint density at radius 2 is 2.12 bits per heavy atom. The molecule has 0 bridgehead atoms. The molecule has 0 aliphatic carbocycles. The molecule has 0 aliphatic rings. The first kappa shape index (κ1) is 15.5. The molecular formula is C12H24N2OS. The third-order valence-corrected chi connectivity index (χ3v) is 2.97. The van der Waals surface area contributed by atoms with Crippen molar-refractivity contribution in [1.29, 1.82) is 0 Å². The Bertz CT molecular complexity index is 207. The van der Waals surface area contributed by atoms with E-state index in [-0.39, 0.29) is 11.9 Å². The van der Waals surface area contributed by atoms with Crippen molar-refractivity contribution in [2.24, 2.45) is 5.92 Å². The van der Waals surface area contributed by atoms with E-state index in [1.165, 1.54) is 0 Å². The maximum absolute atomic E-state index is 11.6. The topological polar surface area (TPSA) is 41.1 Å². The summed E-state index contributed by atoms with van der Waals surface area (Å²) in [4.78, 5) is 11.6. The molecule has 94 valence electrons.